The van der Waals surface area contributed by atoms with Gasteiger partial charge in [-0.2, -0.15) is 0 Å². The molecule has 0 fully saturated rings. The predicted octanol–water partition coefficient (Wildman–Crippen LogP) is 4.67. The van der Waals surface area contributed by atoms with Crippen molar-refractivity contribution in [2.45, 2.75) is 37.5 Å². The van der Waals surface area contributed by atoms with Crippen LogP contribution in [0, 0.1) is 0 Å². The monoisotopic (exact) mass is 327 g/mol. The summed E-state index contributed by atoms with van der Waals surface area (Å²) in [6.07, 6.45) is 2.57. The van der Waals surface area contributed by atoms with E-state index in [0.717, 1.165) is 11.1 Å². The van der Waals surface area contributed by atoms with Crippen LogP contribution in [0.5, 0.6) is 0 Å². The van der Waals surface area contributed by atoms with Gasteiger partial charge in [-0.05, 0) is 38.3 Å². The lowest BCUT2D eigenvalue weighted by Crippen LogP contribution is -2.45. The van der Waals surface area contributed by atoms with Crippen molar-refractivity contribution in [2.75, 3.05) is 0 Å². The second-order valence-corrected chi connectivity index (χ2v) is 8.20. The summed E-state index contributed by atoms with van der Waals surface area (Å²) in [5, 5.41) is 0. The zero-order valence-corrected chi connectivity index (χ0v) is 14.9. The van der Waals surface area contributed by atoms with Gasteiger partial charge in [0, 0.05) is 0 Å². The highest BCUT2D eigenvalue weighted by Crippen LogP contribution is 2.31. The van der Waals surface area contributed by atoms with Gasteiger partial charge in [-0.25, -0.2) is 8.93 Å². The first-order valence-electron chi connectivity index (χ1n) is 7.82. The SMILES string of the molecule is C=CC[C@](C)(N[S@](=O)C(C)(C)c1ccccc1)c1ccccc1. The maximum absolute atomic E-state index is 13.1. The predicted molar refractivity (Wildman–Crippen MR) is 99.4 cm³/mol. The smallest absolute Gasteiger partial charge is 0.103 e. The van der Waals surface area contributed by atoms with E-state index in [4.69, 9.17) is 0 Å². The fourth-order valence-corrected chi connectivity index (χ4v) is 3.81. The van der Waals surface area contributed by atoms with E-state index in [1.54, 1.807) is 0 Å². The fourth-order valence-electron chi connectivity index (χ4n) is 2.59. The van der Waals surface area contributed by atoms with Crippen molar-refractivity contribution in [3.8, 4) is 0 Å². The molecule has 0 bridgehead atoms. The fraction of sp³-hybridized carbons (Fsp3) is 0.300. The van der Waals surface area contributed by atoms with E-state index in [2.05, 4.69) is 30.4 Å². The van der Waals surface area contributed by atoms with E-state index in [1.165, 1.54) is 0 Å². The molecule has 2 atom stereocenters. The van der Waals surface area contributed by atoms with Gasteiger partial charge < -0.3 is 0 Å². The Kier molecular flexibility index (Phi) is 5.55. The zero-order valence-electron chi connectivity index (χ0n) is 14.1. The number of rotatable bonds is 7. The molecule has 0 aliphatic heterocycles. The van der Waals surface area contributed by atoms with Crippen LogP contribution in [-0.2, 0) is 21.3 Å². The Hall–Kier alpha value is -1.71. The molecule has 2 rings (SSSR count). The van der Waals surface area contributed by atoms with Crippen LogP contribution in [0.4, 0.5) is 0 Å². The van der Waals surface area contributed by atoms with Crippen LogP contribution in [0.3, 0.4) is 0 Å². The highest BCUT2D eigenvalue weighted by atomic mass is 32.2. The minimum absolute atomic E-state index is 0.417. The third kappa shape index (κ3) is 3.98. The molecule has 23 heavy (non-hydrogen) atoms. The molecule has 0 aliphatic carbocycles. The Morgan fingerprint density at radius 1 is 0.957 bits per heavy atom. The standard InChI is InChI=1S/C20H25NOS/c1-5-16-20(4,18-14-10-7-11-15-18)21-23(22)19(2,3)17-12-8-6-9-13-17/h5-15,21H,1,16H2,2-4H3/t20-,23+/m0/s1. The molecule has 2 aromatic rings. The molecule has 0 aromatic heterocycles. The van der Waals surface area contributed by atoms with E-state index in [9.17, 15) is 4.21 Å². The molecule has 2 nitrogen and oxygen atoms in total. The summed E-state index contributed by atoms with van der Waals surface area (Å²) in [7, 11) is -1.25. The van der Waals surface area contributed by atoms with Crippen molar-refractivity contribution >= 4 is 11.0 Å². The van der Waals surface area contributed by atoms with Gasteiger partial charge in [0.25, 0.3) is 0 Å². The Balaban J connectivity index is 2.30. The molecular formula is C20H25NOS. The average Bonchev–Trinajstić information content (AvgIpc) is 2.56. The second kappa shape index (κ2) is 7.24. The summed E-state index contributed by atoms with van der Waals surface area (Å²) in [4.78, 5) is 0. The lowest BCUT2D eigenvalue weighted by molar-refractivity contribution is 0.445. The molecule has 0 unspecified atom stereocenters. The van der Waals surface area contributed by atoms with Gasteiger partial charge in [-0.1, -0.05) is 66.7 Å². The van der Waals surface area contributed by atoms with E-state index in [1.807, 2.05) is 68.5 Å². The normalized spacial score (nSPS) is 15.6. The van der Waals surface area contributed by atoms with Gasteiger partial charge in [-0.15, -0.1) is 6.58 Å². The summed E-state index contributed by atoms with van der Waals surface area (Å²) in [5.41, 5.74) is 1.75. The van der Waals surface area contributed by atoms with Gasteiger partial charge in [-0.3, -0.25) is 0 Å². The summed E-state index contributed by atoms with van der Waals surface area (Å²) >= 11 is 0. The highest BCUT2D eigenvalue weighted by Gasteiger charge is 2.34. The molecule has 2 aromatic carbocycles. The first-order valence-corrected chi connectivity index (χ1v) is 8.97. The van der Waals surface area contributed by atoms with Crippen molar-refractivity contribution in [3.05, 3.63) is 84.4 Å². The second-order valence-electron chi connectivity index (χ2n) is 6.44. The van der Waals surface area contributed by atoms with E-state index in [0.29, 0.717) is 6.42 Å². The van der Waals surface area contributed by atoms with Crippen LogP contribution >= 0.6 is 0 Å². The van der Waals surface area contributed by atoms with Gasteiger partial charge in [0.2, 0.25) is 0 Å². The van der Waals surface area contributed by atoms with Gasteiger partial charge in [0.15, 0.2) is 0 Å². The third-order valence-electron chi connectivity index (χ3n) is 4.21. The van der Waals surface area contributed by atoms with Crippen LogP contribution in [0.1, 0.15) is 38.3 Å². The molecule has 0 saturated carbocycles. The quantitative estimate of drug-likeness (QED) is 0.736. The molecule has 0 aliphatic rings. The average molecular weight is 327 g/mol. The Labute approximate surface area is 142 Å². The van der Waals surface area contributed by atoms with Crippen molar-refractivity contribution in [2.24, 2.45) is 0 Å². The van der Waals surface area contributed by atoms with Gasteiger partial charge in [0.05, 0.1) is 10.3 Å². The van der Waals surface area contributed by atoms with Crippen molar-refractivity contribution in [1.29, 1.82) is 0 Å². The highest BCUT2D eigenvalue weighted by molar-refractivity contribution is 7.84. The summed E-state index contributed by atoms with van der Waals surface area (Å²) in [6.45, 7) is 9.94. The number of benzene rings is 2. The van der Waals surface area contributed by atoms with Crippen LogP contribution in [-0.4, -0.2) is 4.21 Å². The van der Waals surface area contributed by atoms with Crippen molar-refractivity contribution in [3.63, 3.8) is 0 Å². The minimum Gasteiger partial charge on any atom is -0.242 e. The lowest BCUT2D eigenvalue weighted by Gasteiger charge is -2.34. The molecule has 0 saturated heterocycles. The van der Waals surface area contributed by atoms with Gasteiger partial charge >= 0.3 is 0 Å². The molecule has 0 spiro atoms. The van der Waals surface area contributed by atoms with Crippen molar-refractivity contribution in [1.82, 2.24) is 4.72 Å². The third-order valence-corrected chi connectivity index (χ3v) is 6.01. The number of hydrogen-bond acceptors (Lipinski definition) is 1. The van der Waals surface area contributed by atoms with E-state index >= 15 is 0 Å². The Morgan fingerprint density at radius 3 is 1.91 bits per heavy atom. The Morgan fingerprint density at radius 2 is 1.43 bits per heavy atom. The first kappa shape index (κ1) is 17.6. The number of nitrogens with one attached hydrogen (secondary N) is 1. The molecule has 122 valence electrons. The lowest BCUT2D eigenvalue weighted by atomic mass is 9.90. The largest absolute Gasteiger partial charge is 0.242 e. The van der Waals surface area contributed by atoms with Gasteiger partial charge in [0.1, 0.15) is 11.0 Å². The van der Waals surface area contributed by atoms with Crippen LogP contribution in [0.25, 0.3) is 0 Å². The minimum atomic E-state index is -1.25. The molecule has 3 heteroatoms. The molecule has 1 N–H and O–H groups in total. The van der Waals surface area contributed by atoms with Crippen LogP contribution < -0.4 is 4.72 Å². The molecule has 0 amide bonds. The molecule has 0 radical (unpaired) electrons. The maximum Gasteiger partial charge on any atom is 0.103 e. The van der Waals surface area contributed by atoms with Crippen molar-refractivity contribution < 1.29 is 4.21 Å². The molecular weight excluding hydrogens is 302 g/mol. The Bertz CT molecular complexity index is 667. The topological polar surface area (TPSA) is 29.1 Å². The van der Waals surface area contributed by atoms with Crippen LogP contribution in [0.15, 0.2) is 73.3 Å². The van der Waals surface area contributed by atoms with E-state index < -0.39 is 21.3 Å². The summed E-state index contributed by atoms with van der Waals surface area (Å²) < 4.78 is 16.0. The maximum atomic E-state index is 13.1. The summed E-state index contributed by atoms with van der Waals surface area (Å²) in [6, 6.07) is 20.1. The van der Waals surface area contributed by atoms with E-state index in [-0.39, 0.29) is 0 Å². The molecule has 0 heterocycles. The number of hydrogen-bond donors (Lipinski definition) is 1. The first-order chi connectivity index (χ1) is 10.9. The summed E-state index contributed by atoms with van der Waals surface area (Å²) in [5.74, 6) is 0. The van der Waals surface area contributed by atoms with Crippen LogP contribution in [0.2, 0.25) is 0 Å². The zero-order chi connectivity index (χ0) is 16.9.